The Kier molecular flexibility index (Phi) is 4.32. The van der Waals surface area contributed by atoms with Gasteiger partial charge in [-0.3, -0.25) is 4.79 Å². The van der Waals surface area contributed by atoms with E-state index in [1.165, 1.54) is 0 Å². The van der Waals surface area contributed by atoms with Crippen molar-refractivity contribution >= 4 is 5.91 Å². The number of carbonyl (C=O) groups excluding carboxylic acids is 1. The van der Waals surface area contributed by atoms with Crippen molar-refractivity contribution in [3.05, 3.63) is 47.7 Å². The van der Waals surface area contributed by atoms with Crippen LogP contribution in [0.25, 0.3) is 0 Å². The zero-order valence-corrected chi connectivity index (χ0v) is 13.0. The summed E-state index contributed by atoms with van der Waals surface area (Å²) in [6.07, 6.45) is 1.89. The van der Waals surface area contributed by atoms with Gasteiger partial charge < -0.3 is 19.5 Å². The van der Waals surface area contributed by atoms with E-state index in [0.717, 1.165) is 11.1 Å². The Bertz CT molecular complexity index is 717. The molecule has 3 rings (SSSR count). The molecule has 1 unspecified atom stereocenters. The van der Waals surface area contributed by atoms with E-state index >= 15 is 0 Å². The van der Waals surface area contributed by atoms with Gasteiger partial charge in [-0.25, -0.2) is 4.98 Å². The maximum atomic E-state index is 12.3. The van der Waals surface area contributed by atoms with E-state index in [4.69, 9.17) is 14.2 Å². The van der Waals surface area contributed by atoms with Gasteiger partial charge in [-0.15, -0.1) is 0 Å². The van der Waals surface area contributed by atoms with E-state index in [1.807, 2.05) is 24.3 Å². The van der Waals surface area contributed by atoms with Gasteiger partial charge in [-0.1, -0.05) is 6.07 Å². The second-order valence-corrected chi connectivity index (χ2v) is 5.18. The van der Waals surface area contributed by atoms with Crippen LogP contribution < -0.4 is 19.5 Å². The van der Waals surface area contributed by atoms with Crippen LogP contribution in [0.4, 0.5) is 0 Å². The summed E-state index contributed by atoms with van der Waals surface area (Å²) in [6, 6.07) is 8.98. The Balaban J connectivity index is 1.69. The van der Waals surface area contributed by atoms with Crippen LogP contribution in [0.2, 0.25) is 0 Å². The lowest BCUT2D eigenvalue weighted by molar-refractivity contribution is -0.121. The molecule has 1 aromatic heterocycles. The molecule has 6 nitrogen and oxygen atoms in total. The van der Waals surface area contributed by atoms with Crippen molar-refractivity contribution in [3.63, 3.8) is 0 Å². The third-order valence-electron chi connectivity index (χ3n) is 3.74. The number of hydrogen-bond donors (Lipinski definition) is 1. The highest BCUT2D eigenvalue weighted by Crippen LogP contribution is 2.30. The minimum atomic E-state index is -0.171. The Morgan fingerprint density at radius 2 is 2.22 bits per heavy atom. The monoisotopic (exact) mass is 314 g/mol. The van der Waals surface area contributed by atoms with Crippen molar-refractivity contribution in [3.8, 4) is 17.4 Å². The van der Waals surface area contributed by atoms with Crippen LogP contribution >= 0.6 is 0 Å². The van der Waals surface area contributed by atoms with Crippen LogP contribution in [-0.2, 0) is 11.2 Å². The summed E-state index contributed by atoms with van der Waals surface area (Å²) in [4.78, 5) is 16.5. The maximum Gasteiger partial charge on any atom is 0.225 e. The molecule has 0 fully saturated rings. The summed E-state index contributed by atoms with van der Waals surface area (Å²) in [5.41, 5.74) is 1.71. The van der Waals surface area contributed by atoms with Crippen molar-refractivity contribution in [2.45, 2.75) is 12.5 Å². The van der Waals surface area contributed by atoms with Crippen LogP contribution in [-0.4, -0.2) is 31.7 Å². The fraction of sp³-hybridized carbons (Fsp3) is 0.294. The van der Waals surface area contributed by atoms with Crippen LogP contribution in [0.1, 0.15) is 17.2 Å². The molecule has 23 heavy (non-hydrogen) atoms. The van der Waals surface area contributed by atoms with Gasteiger partial charge in [0.1, 0.15) is 18.1 Å². The molecular weight excluding hydrogens is 296 g/mol. The molecule has 1 aliphatic rings. The molecule has 6 heteroatoms. The van der Waals surface area contributed by atoms with E-state index in [-0.39, 0.29) is 18.4 Å². The summed E-state index contributed by atoms with van der Waals surface area (Å²) in [5.74, 6) is 1.80. The molecule has 0 saturated carbocycles. The van der Waals surface area contributed by atoms with E-state index in [0.29, 0.717) is 24.0 Å². The summed E-state index contributed by atoms with van der Waals surface area (Å²) in [5, 5.41) is 2.97. The first-order valence-electron chi connectivity index (χ1n) is 7.29. The number of methoxy groups -OCH3 is 2. The number of hydrogen-bond acceptors (Lipinski definition) is 5. The largest absolute Gasteiger partial charge is 0.497 e. The number of pyridine rings is 1. The average molecular weight is 314 g/mol. The number of amides is 1. The van der Waals surface area contributed by atoms with Gasteiger partial charge in [0.2, 0.25) is 11.8 Å². The Morgan fingerprint density at radius 3 is 3.00 bits per heavy atom. The SMILES string of the molecule is COc1ccc(CC(=O)NC2COc3ncccc32)c(OC)c1. The zero-order valence-electron chi connectivity index (χ0n) is 13.0. The third-order valence-corrected chi connectivity index (χ3v) is 3.74. The number of ether oxygens (including phenoxy) is 3. The van der Waals surface area contributed by atoms with Crippen molar-refractivity contribution < 1.29 is 19.0 Å². The molecule has 0 aliphatic carbocycles. The Hall–Kier alpha value is -2.76. The fourth-order valence-corrected chi connectivity index (χ4v) is 2.58. The summed E-state index contributed by atoms with van der Waals surface area (Å²) < 4.78 is 15.9. The summed E-state index contributed by atoms with van der Waals surface area (Å²) in [6.45, 7) is 0.401. The number of carbonyl (C=O) groups is 1. The predicted molar refractivity (Wildman–Crippen MR) is 83.9 cm³/mol. The highest BCUT2D eigenvalue weighted by atomic mass is 16.5. The topological polar surface area (TPSA) is 69.7 Å². The van der Waals surface area contributed by atoms with Crippen molar-refractivity contribution in [1.29, 1.82) is 0 Å². The number of aromatic nitrogens is 1. The molecule has 2 heterocycles. The number of benzene rings is 1. The lowest BCUT2D eigenvalue weighted by Crippen LogP contribution is -2.30. The normalized spacial score (nSPS) is 15.5. The molecule has 0 spiro atoms. The molecular formula is C17H18N2O4. The Morgan fingerprint density at radius 1 is 1.35 bits per heavy atom. The number of nitrogens with one attached hydrogen (secondary N) is 1. The summed E-state index contributed by atoms with van der Waals surface area (Å²) in [7, 11) is 3.16. The fourth-order valence-electron chi connectivity index (χ4n) is 2.58. The molecule has 1 aliphatic heterocycles. The van der Waals surface area contributed by atoms with Crippen molar-refractivity contribution in [1.82, 2.24) is 10.3 Å². The van der Waals surface area contributed by atoms with Gasteiger partial charge in [-0.2, -0.15) is 0 Å². The van der Waals surface area contributed by atoms with Crippen LogP contribution in [0, 0.1) is 0 Å². The van der Waals surface area contributed by atoms with E-state index in [1.54, 1.807) is 26.5 Å². The second kappa shape index (κ2) is 6.56. The van der Waals surface area contributed by atoms with Gasteiger partial charge in [0, 0.05) is 23.4 Å². The van der Waals surface area contributed by atoms with E-state index in [9.17, 15) is 4.79 Å². The quantitative estimate of drug-likeness (QED) is 0.912. The zero-order chi connectivity index (χ0) is 16.2. The minimum Gasteiger partial charge on any atom is -0.497 e. The lowest BCUT2D eigenvalue weighted by atomic mass is 10.1. The number of nitrogens with zero attached hydrogens (tertiary/aromatic N) is 1. The molecule has 120 valence electrons. The summed E-state index contributed by atoms with van der Waals surface area (Å²) >= 11 is 0. The van der Waals surface area contributed by atoms with Crippen molar-refractivity contribution in [2.75, 3.05) is 20.8 Å². The second-order valence-electron chi connectivity index (χ2n) is 5.18. The van der Waals surface area contributed by atoms with Crippen LogP contribution in [0.15, 0.2) is 36.5 Å². The molecule has 1 N–H and O–H groups in total. The molecule has 0 radical (unpaired) electrons. The molecule has 1 amide bonds. The number of rotatable bonds is 5. The van der Waals surface area contributed by atoms with Gasteiger partial charge in [0.05, 0.1) is 26.7 Å². The lowest BCUT2D eigenvalue weighted by Gasteiger charge is -2.13. The molecule has 2 aromatic rings. The Labute approximate surface area is 134 Å². The highest BCUT2D eigenvalue weighted by Gasteiger charge is 2.26. The van der Waals surface area contributed by atoms with Gasteiger partial charge in [0.25, 0.3) is 0 Å². The maximum absolute atomic E-state index is 12.3. The third kappa shape index (κ3) is 3.21. The number of fused-ring (bicyclic) bond motifs is 1. The molecule has 0 saturated heterocycles. The first-order chi connectivity index (χ1) is 11.2. The highest BCUT2D eigenvalue weighted by molar-refractivity contribution is 5.80. The predicted octanol–water partition coefficient (Wildman–Crippen LogP) is 1.89. The van der Waals surface area contributed by atoms with Gasteiger partial charge in [0.15, 0.2) is 0 Å². The van der Waals surface area contributed by atoms with Gasteiger partial charge in [-0.05, 0) is 18.2 Å². The van der Waals surface area contributed by atoms with Crippen LogP contribution in [0.3, 0.4) is 0 Å². The van der Waals surface area contributed by atoms with Crippen molar-refractivity contribution in [2.24, 2.45) is 0 Å². The molecule has 0 bridgehead atoms. The minimum absolute atomic E-state index is 0.0984. The first kappa shape index (κ1) is 15.1. The molecule has 1 atom stereocenters. The standard InChI is InChI=1S/C17H18N2O4/c1-21-12-6-5-11(15(9-12)22-2)8-16(20)19-14-10-23-17-13(14)4-3-7-18-17/h3-7,9,14H,8,10H2,1-2H3,(H,19,20). The van der Waals surface area contributed by atoms with E-state index < -0.39 is 0 Å². The smallest absolute Gasteiger partial charge is 0.225 e. The van der Waals surface area contributed by atoms with Gasteiger partial charge >= 0.3 is 0 Å². The first-order valence-corrected chi connectivity index (χ1v) is 7.29. The van der Waals surface area contributed by atoms with E-state index in [2.05, 4.69) is 10.3 Å². The van der Waals surface area contributed by atoms with Crippen LogP contribution in [0.5, 0.6) is 17.4 Å². The molecule has 1 aromatic carbocycles. The average Bonchev–Trinajstić information content (AvgIpc) is 2.98.